The van der Waals surface area contributed by atoms with Gasteiger partial charge in [-0.2, -0.15) is 0 Å². The number of amides is 2. The molecule has 2 heterocycles. The van der Waals surface area contributed by atoms with Gasteiger partial charge in [0.1, 0.15) is 17.3 Å². The summed E-state index contributed by atoms with van der Waals surface area (Å²) >= 11 is 1.50. The van der Waals surface area contributed by atoms with E-state index in [1.165, 1.54) is 21.8 Å². The van der Waals surface area contributed by atoms with Crippen LogP contribution in [-0.2, 0) is 22.6 Å². The zero-order chi connectivity index (χ0) is 22.3. The van der Waals surface area contributed by atoms with Crippen LogP contribution >= 0.6 is 11.3 Å². The largest absolute Gasteiger partial charge is 0.467 e. The number of carbonyl (C=O) groups is 2. The zero-order valence-corrected chi connectivity index (χ0v) is 18.5. The molecule has 0 saturated heterocycles. The summed E-state index contributed by atoms with van der Waals surface area (Å²) < 4.78 is 5.40. The van der Waals surface area contributed by atoms with Crippen LogP contribution in [0, 0.1) is 6.92 Å². The number of hydrogen-bond donors (Lipinski definition) is 1. The number of rotatable bonds is 8. The van der Waals surface area contributed by atoms with Gasteiger partial charge in [-0.25, -0.2) is 4.98 Å². The molecule has 0 aliphatic rings. The quantitative estimate of drug-likeness (QED) is 0.418. The lowest BCUT2D eigenvalue weighted by atomic mass is 10.2. The van der Waals surface area contributed by atoms with Gasteiger partial charge < -0.3 is 14.6 Å². The molecule has 0 unspecified atom stereocenters. The van der Waals surface area contributed by atoms with Crippen molar-refractivity contribution in [1.82, 2.24) is 9.88 Å². The highest BCUT2D eigenvalue weighted by Gasteiger charge is 2.20. The van der Waals surface area contributed by atoms with E-state index in [2.05, 4.69) is 10.3 Å². The van der Waals surface area contributed by atoms with Gasteiger partial charge in [-0.3, -0.25) is 9.59 Å². The molecule has 0 radical (unpaired) electrons. The standard InChI is InChI=1S/C25H23N3O3S/c1-18-9-11-19(12-10-18)25-27-21(17-32-25)14-24(30)28(15-22-8-5-13-31-22)16-23(29)26-20-6-3-2-4-7-20/h2-13,17H,14-16H2,1H3,(H,26,29). The van der Waals surface area contributed by atoms with E-state index in [1.54, 1.807) is 30.5 Å². The number of nitrogens with one attached hydrogen (secondary N) is 1. The predicted octanol–water partition coefficient (Wildman–Crippen LogP) is 4.92. The number of aromatic nitrogens is 1. The summed E-state index contributed by atoms with van der Waals surface area (Å²) in [5, 5.41) is 5.58. The Bertz CT molecular complexity index is 1170. The lowest BCUT2D eigenvalue weighted by Gasteiger charge is -2.21. The number of para-hydroxylation sites is 1. The molecule has 0 aliphatic carbocycles. The first-order chi connectivity index (χ1) is 15.6. The molecule has 2 amide bonds. The number of furan rings is 1. The second-order valence-corrected chi connectivity index (χ2v) is 8.29. The Balaban J connectivity index is 1.45. The van der Waals surface area contributed by atoms with Crippen LogP contribution in [0.25, 0.3) is 10.6 Å². The molecular formula is C25H23N3O3S. The van der Waals surface area contributed by atoms with Crippen LogP contribution in [0.2, 0.25) is 0 Å². The van der Waals surface area contributed by atoms with Crippen LogP contribution in [0.1, 0.15) is 17.0 Å². The van der Waals surface area contributed by atoms with Crippen molar-refractivity contribution in [3.05, 3.63) is 95.4 Å². The molecule has 1 N–H and O–H groups in total. The maximum absolute atomic E-state index is 13.1. The van der Waals surface area contributed by atoms with Gasteiger partial charge in [0.25, 0.3) is 0 Å². The van der Waals surface area contributed by atoms with Crippen molar-refractivity contribution in [2.24, 2.45) is 0 Å². The molecule has 0 saturated carbocycles. The Morgan fingerprint density at radius 3 is 2.53 bits per heavy atom. The predicted molar refractivity (Wildman–Crippen MR) is 125 cm³/mol. The van der Waals surface area contributed by atoms with E-state index < -0.39 is 0 Å². The minimum atomic E-state index is -0.269. The number of hydrogen-bond acceptors (Lipinski definition) is 5. The Hall–Kier alpha value is -3.71. The Morgan fingerprint density at radius 2 is 1.81 bits per heavy atom. The Labute approximate surface area is 190 Å². The van der Waals surface area contributed by atoms with E-state index >= 15 is 0 Å². The molecule has 0 spiro atoms. The average molecular weight is 446 g/mol. The van der Waals surface area contributed by atoms with E-state index in [9.17, 15) is 9.59 Å². The third kappa shape index (κ3) is 5.70. The number of carbonyl (C=O) groups excluding carboxylic acids is 2. The SMILES string of the molecule is Cc1ccc(-c2nc(CC(=O)N(CC(=O)Nc3ccccc3)Cc3ccco3)cs2)cc1. The van der Waals surface area contributed by atoms with Crippen LogP contribution in [0.4, 0.5) is 5.69 Å². The molecule has 6 nitrogen and oxygen atoms in total. The Kier molecular flexibility index (Phi) is 6.77. The molecule has 0 atom stereocenters. The Morgan fingerprint density at radius 1 is 1.03 bits per heavy atom. The van der Waals surface area contributed by atoms with Crippen LogP contribution in [0.5, 0.6) is 0 Å². The van der Waals surface area contributed by atoms with Crippen molar-refractivity contribution < 1.29 is 14.0 Å². The van der Waals surface area contributed by atoms with Gasteiger partial charge in [-0.05, 0) is 31.2 Å². The van der Waals surface area contributed by atoms with Gasteiger partial charge in [-0.15, -0.1) is 11.3 Å². The molecule has 162 valence electrons. The molecule has 0 fully saturated rings. The van der Waals surface area contributed by atoms with Crippen LogP contribution in [0.15, 0.2) is 82.8 Å². The van der Waals surface area contributed by atoms with Gasteiger partial charge in [0.15, 0.2) is 0 Å². The third-order valence-electron chi connectivity index (χ3n) is 4.85. The van der Waals surface area contributed by atoms with Crippen molar-refractivity contribution in [3.63, 3.8) is 0 Å². The van der Waals surface area contributed by atoms with E-state index in [4.69, 9.17) is 4.42 Å². The van der Waals surface area contributed by atoms with E-state index in [-0.39, 0.29) is 31.3 Å². The summed E-state index contributed by atoms with van der Waals surface area (Å²) in [4.78, 5) is 31.8. The lowest BCUT2D eigenvalue weighted by molar-refractivity contribution is -0.135. The molecule has 7 heteroatoms. The summed E-state index contributed by atoms with van der Waals surface area (Å²) in [5.74, 6) is 0.157. The molecule has 4 aromatic rings. The fourth-order valence-corrected chi connectivity index (χ4v) is 4.03. The van der Waals surface area contributed by atoms with Crippen molar-refractivity contribution in [3.8, 4) is 10.6 Å². The molecule has 4 rings (SSSR count). The van der Waals surface area contributed by atoms with Crippen molar-refractivity contribution in [2.45, 2.75) is 19.9 Å². The number of benzene rings is 2. The van der Waals surface area contributed by atoms with Crippen molar-refractivity contribution in [1.29, 1.82) is 0 Å². The first kappa shape index (κ1) is 21.5. The maximum atomic E-state index is 13.1. The van der Waals surface area contributed by atoms with Crippen LogP contribution in [0.3, 0.4) is 0 Å². The number of anilines is 1. The highest BCUT2D eigenvalue weighted by atomic mass is 32.1. The summed E-state index contributed by atoms with van der Waals surface area (Å²) in [7, 11) is 0. The average Bonchev–Trinajstić information content (AvgIpc) is 3.47. The maximum Gasteiger partial charge on any atom is 0.244 e. The molecule has 0 bridgehead atoms. The highest BCUT2D eigenvalue weighted by molar-refractivity contribution is 7.13. The summed E-state index contributed by atoms with van der Waals surface area (Å²) in [6.07, 6.45) is 1.66. The molecule has 2 aromatic heterocycles. The minimum absolute atomic E-state index is 0.0800. The van der Waals surface area contributed by atoms with E-state index in [1.807, 2.05) is 54.8 Å². The summed E-state index contributed by atoms with van der Waals surface area (Å²) in [5.41, 5.74) is 3.57. The number of aryl methyl sites for hydroxylation is 1. The number of nitrogens with zero attached hydrogens (tertiary/aromatic N) is 2. The molecule has 32 heavy (non-hydrogen) atoms. The summed E-state index contributed by atoms with van der Waals surface area (Å²) in [6, 6.07) is 20.8. The second-order valence-electron chi connectivity index (χ2n) is 7.43. The van der Waals surface area contributed by atoms with E-state index in [0.29, 0.717) is 17.1 Å². The fourth-order valence-electron chi connectivity index (χ4n) is 3.20. The lowest BCUT2D eigenvalue weighted by Crippen LogP contribution is -2.38. The van der Waals surface area contributed by atoms with Gasteiger partial charge in [0.2, 0.25) is 11.8 Å². The highest BCUT2D eigenvalue weighted by Crippen LogP contribution is 2.24. The van der Waals surface area contributed by atoms with E-state index in [0.717, 1.165) is 10.6 Å². The topological polar surface area (TPSA) is 75.4 Å². The van der Waals surface area contributed by atoms with Crippen LogP contribution in [-0.4, -0.2) is 28.2 Å². The molecule has 0 aliphatic heterocycles. The first-order valence-corrected chi connectivity index (χ1v) is 11.1. The van der Waals surface area contributed by atoms with Gasteiger partial charge in [0.05, 0.1) is 24.9 Å². The normalized spacial score (nSPS) is 10.7. The van der Waals surface area contributed by atoms with Gasteiger partial charge in [-0.1, -0.05) is 48.0 Å². The fraction of sp³-hybridized carbons (Fsp3) is 0.160. The van der Waals surface area contributed by atoms with Crippen molar-refractivity contribution in [2.75, 3.05) is 11.9 Å². The van der Waals surface area contributed by atoms with Crippen LogP contribution < -0.4 is 5.32 Å². The summed E-state index contributed by atoms with van der Waals surface area (Å²) in [6.45, 7) is 2.17. The molecular weight excluding hydrogens is 422 g/mol. The number of thiazole rings is 1. The van der Waals surface area contributed by atoms with Gasteiger partial charge in [0, 0.05) is 16.6 Å². The smallest absolute Gasteiger partial charge is 0.244 e. The first-order valence-electron chi connectivity index (χ1n) is 10.2. The minimum Gasteiger partial charge on any atom is -0.467 e. The zero-order valence-electron chi connectivity index (χ0n) is 17.7. The van der Waals surface area contributed by atoms with Gasteiger partial charge >= 0.3 is 0 Å². The third-order valence-corrected chi connectivity index (χ3v) is 5.79. The van der Waals surface area contributed by atoms with Crippen molar-refractivity contribution >= 4 is 28.8 Å². The second kappa shape index (κ2) is 10.1. The molecule has 2 aromatic carbocycles. The monoisotopic (exact) mass is 445 g/mol.